The summed E-state index contributed by atoms with van der Waals surface area (Å²) in [5.41, 5.74) is 1.86. The topological polar surface area (TPSA) is 80.0 Å². The first-order valence-corrected chi connectivity index (χ1v) is 6.00. The summed E-state index contributed by atoms with van der Waals surface area (Å²) in [5, 5.41) is 9.52. The summed E-state index contributed by atoms with van der Waals surface area (Å²) in [7, 11) is 0. The molecule has 0 aliphatic carbocycles. The lowest BCUT2D eigenvalue weighted by Gasteiger charge is -2.08. The Bertz CT molecular complexity index is 565. The van der Waals surface area contributed by atoms with Gasteiger partial charge in [-0.25, -0.2) is 0 Å². The highest BCUT2D eigenvalue weighted by atomic mass is 16.5. The minimum atomic E-state index is -0.102. The van der Waals surface area contributed by atoms with Crippen molar-refractivity contribution in [2.24, 2.45) is 0 Å². The van der Waals surface area contributed by atoms with Crippen LogP contribution in [0, 0.1) is 13.8 Å². The molecule has 0 saturated heterocycles. The second-order valence-corrected chi connectivity index (χ2v) is 4.20. The van der Waals surface area contributed by atoms with Crippen LogP contribution >= 0.6 is 0 Å². The fourth-order valence-electron chi connectivity index (χ4n) is 1.61. The molecule has 6 nitrogen and oxygen atoms in total. The number of benzene rings is 1. The van der Waals surface area contributed by atoms with Gasteiger partial charge in [0, 0.05) is 12.6 Å². The van der Waals surface area contributed by atoms with Crippen LogP contribution in [0.2, 0.25) is 0 Å². The Balaban J connectivity index is 1.77. The number of hydrogen-bond acceptors (Lipinski definition) is 5. The van der Waals surface area contributed by atoms with E-state index in [-0.39, 0.29) is 12.5 Å². The van der Waals surface area contributed by atoms with Gasteiger partial charge in [-0.3, -0.25) is 4.79 Å². The summed E-state index contributed by atoms with van der Waals surface area (Å²) in [6.45, 7) is 4.27. The Hall–Kier alpha value is -2.21. The molecule has 1 amide bonds. The first-order chi connectivity index (χ1) is 9.15. The second-order valence-electron chi connectivity index (χ2n) is 4.20. The van der Waals surface area contributed by atoms with Crippen molar-refractivity contribution in [3.63, 3.8) is 0 Å². The molecule has 2 aromatic rings. The van der Waals surface area contributed by atoms with Crippen LogP contribution in [0.4, 0.5) is 5.69 Å². The van der Waals surface area contributed by atoms with Crippen LogP contribution in [-0.4, -0.2) is 22.6 Å². The smallest absolute Gasteiger partial charge is 0.238 e. The molecular formula is C13H16N4O2. The van der Waals surface area contributed by atoms with E-state index in [1.165, 1.54) is 0 Å². The van der Waals surface area contributed by atoms with Gasteiger partial charge in [0.2, 0.25) is 11.8 Å². The Morgan fingerprint density at radius 3 is 2.79 bits per heavy atom. The summed E-state index contributed by atoms with van der Waals surface area (Å²) in [4.78, 5) is 15.8. The maximum absolute atomic E-state index is 11.7. The highest BCUT2D eigenvalue weighted by Crippen LogP contribution is 2.12. The maximum Gasteiger partial charge on any atom is 0.238 e. The summed E-state index contributed by atoms with van der Waals surface area (Å²) in [5.74, 6) is 0.955. The number of nitrogens with zero attached hydrogens (tertiary/aromatic N) is 2. The fourth-order valence-corrected chi connectivity index (χ4v) is 1.61. The first-order valence-electron chi connectivity index (χ1n) is 6.00. The lowest BCUT2D eigenvalue weighted by Crippen LogP contribution is -2.28. The molecule has 1 aromatic carbocycles. The van der Waals surface area contributed by atoms with Crippen LogP contribution in [0.25, 0.3) is 0 Å². The second kappa shape index (κ2) is 6.10. The molecule has 1 heterocycles. The monoisotopic (exact) mass is 260 g/mol. The molecule has 2 rings (SSSR count). The van der Waals surface area contributed by atoms with Crippen LogP contribution in [0.15, 0.2) is 28.8 Å². The van der Waals surface area contributed by atoms with E-state index in [1.54, 1.807) is 6.92 Å². The van der Waals surface area contributed by atoms with Crippen molar-refractivity contribution in [1.29, 1.82) is 0 Å². The van der Waals surface area contributed by atoms with E-state index in [9.17, 15) is 4.79 Å². The van der Waals surface area contributed by atoms with Crippen molar-refractivity contribution in [2.75, 3.05) is 11.9 Å². The third-order valence-corrected chi connectivity index (χ3v) is 2.56. The van der Waals surface area contributed by atoms with E-state index in [2.05, 4.69) is 20.8 Å². The molecule has 0 atom stereocenters. The fraction of sp³-hybridized carbons (Fsp3) is 0.308. The van der Waals surface area contributed by atoms with Gasteiger partial charge in [0.05, 0.1) is 13.1 Å². The van der Waals surface area contributed by atoms with E-state index in [4.69, 9.17) is 4.52 Å². The SMILES string of the molecule is Cc1nc(CNCC(=O)Nc2ccccc2C)no1. The van der Waals surface area contributed by atoms with Crippen LogP contribution in [0.3, 0.4) is 0 Å². The molecule has 1 aromatic heterocycles. The molecule has 0 fully saturated rings. The van der Waals surface area contributed by atoms with Gasteiger partial charge in [0.1, 0.15) is 0 Å². The number of amides is 1. The molecule has 0 radical (unpaired) electrons. The first kappa shape index (κ1) is 13.2. The van der Waals surface area contributed by atoms with Gasteiger partial charge in [0.15, 0.2) is 5.82 Å². The zero-order valence-electron chi connectivity index (χ0n) is 10.9. The van der Waals surface area contributed by atoms with Crippen molar-refractivity contribution >= 4 is 11.6 Å². The van der Waals surface area contributed by atoms with Gasteiger partial charge in [-0.2, -0.15) is 4.98 Å². The van der Waals surface area contributed by atoms with E-state index >= 15 is 0 Å². The largest absolute Gasteiger partial charge is 0.340 e. The molecule has 0 unspecified atom stereocenters. The molecule has 6 heteroatoms. The number of para-hydroxylation sites is 1. The van der Waals surface area contributed by atoms with E-state index in [1.807, 2.05) is 31.2 Å². The minimum Gasteiger partial charge on any atom is -0.340 e. The van der Waals surface area contributed by atoms with Crippen LogP contribution in [0.5, 0.6) is 0 Å². The number of nitrogens with one attached hydrogen (secondary N) is 2. The van der Waals surface area contributed by atoms with Crippen LogP contribution < -0.4 is 10.6 Å². The molecule has 100 valence electrons. The van der Waals surface area contributed by atoms with Crippen LogP contribution in [-0.2, 0) is 11.3 Å². The van der Waals surface area contributed by atoms with Gasteiger partial charge >= 0.3 is 0 Å². The zero-order valence-corrected chi connectivity index (χ0v) is 10.9. The number of aryl methyl sites for hydroxylation is 2. The number of anilines is 1. The standard InChI is InChI=1S/C13H16N4O2/c1-9-5-3-4-6-11(9)16-13(18)8-14-7-12-15-10(2)19-17-12/h3-6,14H,7-8H2,1-2H3,(H,16,18). The Kier molecular flexibility index (Phi) is 4.25. The zero-order chi connectivity index (χ0) is 13.7. The predicted octanol–water partition coefficient (Wildman–Crippen LogP) is 1.41. The minimum absolute atomic E-state index is 0.102. The quantitative estimate of drug-likeness (QED) is 0.849. The molecule has 2 N–H and O–H groups in total. The normalized spacial score (nSPS) is 10.4. The maximum atomic E-state index is 11.7. The lowest BCUT2D eigenvalue weighted by atomic mass is 10.2. The van der Waals surface area contributed by atoms with E-state index in [0.717, 1.165) is 11.3 Å². The van der Waals surface area contributed by atoms with Crippen molar-refractivity contribution in [3.8, 4) is 0 Å². The van der Waals surface area contributed by atoms with Gasteiger partial charge < -0.3 is 15.2 Å². The molecule has 0 bridgehead atoms. The van der Waals surface area contributed by atoms with Gasteiger partial charge in [0.25, 0.3) is 0 Å². The average molecular weight is 260 g/mol. The summed E-state index contributed by atoms with van der Waals surface area (Å²) >= 11 is 0. The van der Waals surface area contributed by atoms with E-state index < -0.39 is 0 Å². The Morgan fingerprint density at radius 2 is 2.11 bits per heavy atom. The summed E-state index contributed by atoms with van der Waals surface area (Å²) in [6.07, 6.45) is 0. The number of rotatable bonds is 5. The third kappa shape index (κ3) is 3.89. The molecule has 0 aliphatic heterocycles. The number of carbonyl (C=O) groups excluding carboxylic acids is 1. The predicted molar refractivity (Wildman–Crippen MR) is 70.6 cm³/mol. The molecule has 0 saturated carbocycles. The van der Waals surface area contributed by atoms with Crippen molar-refractivity contribution < 1.29 is 9.32 Å². The number of aromatic nitrogens is 2. The van der Waals surface area contributed by atoms with Crippen LogP contribution in [0.1, 0.15) is 17.3 Å². The highest BCUT2D eigenvalue weighted by molar-refractivity contribution is 5.92. The molecule has 0 spiro atoms. The number of hydrogen-bond donors (Lipinski definition) is 2. The molecular weight excluding hydrogens is 244 g/mol. The van der Waals surface area contributed by atoms with E-state index in [0.29, 0.717) is 18.3 Å². The van der Waals surface area contributed by atoms with Gasteiger partial charge in [-0.1, -0.05) is 23.4 Å². The third-order valence-electron chi connectivity index (χ3n) is 2.56. The lowest BCUT2D eigenvalue weighted by molar-refractivity contribution is -0.115. The molecule has 0 aliphatic rings. The van der Waals surface area contributed by atoms with Crippen molar-refractivity contribution in [3.05, 3.63) is 41.5 Å². The summed E-state index contributed by atoms with van der Waals surface area (Å²) < 4.78 is 4.83. The summed E-state index contributed by atoms with van der Waals surface area (Å²) in [6, 6.07) is 7.64. The molecule has 19 heavy (non-hydrogen) atoms. The Morgan fingerprint density at radius 1 is 1.32 bits per heavy atom. The van der Waals surface area contributed by atoms with Crippen molar-refractivity contribution in [1.82, 2.24) is 15.5 Å². The number of carbonyl (C=O) groups is 1. The Labute approximate surface area is 111 Å². The highest BCUT2D eigenvalue weighted by Gasteiger charge is 2.05. The van der Waals surface area contributed by atoms with Crippen molar-refractivity contribution in [2.45, 2.75) is 20.4 Å². The van der Waals surface area contributed by atoms with Gasteiger partial charge in [-0.05, 0) is 18.6 Å². The average Bonchev–Trinajstić information content (AvgIpc) is 2.78. The van der Waals surface area contributed by atoms with Gasteiger partial charge in [-0.15, -0.1) is 0 Å².